The number of rotatable bonds is 3. The molecule has 1 amide bonds. The molecule has 3 nitrogen and oxygen atoms in total. The molecular weight excluding hydrogens is 231 g/mol. The van der Waals surface area contributed by atoms with Crippen molar-refractivity contribution in [3.05, 3.63) is 35.6 Å². The third-order valence-electron chi connectivity index (χ3n) is 3.35. The van der Waals surface area contributed by atoms with Gasteiger partial charge in [0.2, 0.25) is 5.91 Å². The van der Waals surface area contributed by atoms with Crippen LogP contribution in [0.3, 0.4) is 0 Å². The van der Waals surface area contributed by atoms with Gasteiger partial charge >= 0.3 is 0 Å². The molecule has 0 N–H and O–H groups in total. The highest BCUT2D eigenvalue weighted by Crippen LogP contribution is 2.10. The van der Waals surface area contributed by atoms with Crippen LogP contribution >= 0.6 is 0 Å². The minimum atomic E-state index is -0.197. The quantitative estimate of drug-likeness (QED) is 0.817. The number of benzene rings is 1. The number of carbonyl (C=O) groups excluding carboxylic acids is 1. The Labute approximate surface area is 107 Å². The summed E-state index contributed by atoms with van der Waals surface area (Å²) in [6.45, 7) is 6.11. The van der Waals surface area contributed by atoms with Crippen LogP contribution in [0.4, 0.5) is 4.39 Å². The first-order valence-corrected chi connectivity index (χ1v) is 6.43. The summed E-state index contributed by atoms with van der Waals surface area (Å²) in [4.78, 5) is 15.8. The lowest BCUT2D eigenvalue weighted by molar-refractivity contribution is -0.132. The Kier molecular flexibility index (Phi) is 4.31. The summed E-state index contributed by atoms with van der Waals surface area (Å²) in [6, 6.07) is 6.62. The third kappa shape index (κ3) is 3.29. The van der Waals surface area contributed by atoms with Gasteiger partial charge in [0.1, 0.15) is 5.82 Å². The summed E-state index contributed by atoms with van der Waals surface area (Å²) in [5, 5.41) is 0. The second kappa shape index (κ2) is 5.96. The normalized spacial score (nSPS) is 16.9. The molecule has 0 spiro atoms. The average molecular weight is 250 g/mol. The van der Waals surface area contributed by atoms with E-state index in [2.05, 4.69) is 4.90 Å². The maximum absolute atomic E-state index is 12.8. The standard InChI is InChI=1S/C14H19FN2O/c1-2-14(18)17-9-7-16(8-10-17)11-12-3-5-13(15)6-4-12/h3-6H,2,7-11H2,1H3. The monoisotopic (exact) mass is 250 g/mol. The predicted molar refractivity (Wildman–Crippen MR) is 68.5 cm³/mol. The zero-order valence-corrected chi connectivity index (χ0v) is 10.7. The molecule has 1 aliphatic heterocycles. The first-order chi connectivity index (χ1) is 8.69. The lowest BCUT2D eigenvalue weighted by Crippen LogP contribution is -2.48. The molecule has 1 fully saturated rings. The Morgan fingerprint density at radius 2 is 1.78 bits per heavy atom. The van der Waals surface area contributed by atoms with Crippen LogP contribution < -0.4 is 0 Å². The van der Waals surface area contributed by atoms with Crippen molar-refractivity contribution in [3.8, 4) is 0 Å². The van der Waals surface area contributed by atoms with Crippen LogP contribution in [0.15, 0.2) is 24.3 Å². The maximum atomic E-state index is 12.8. The molecule has 0 aliphatic carbocycles. The smallest absolute Gasteiger partial charge is 0.222 e. The molecule has 1 aromatic carbocycles. The van der Waals surface area contributed by atoms with Crippen LogP contribution in [-0.2, 0) is 11.3 Å². The van der Waals surface area contributed by atoms with Gasteiger partial charge in [0.25, 0.3) is 0 Å². The Morgan fingerprint density at radius 3 is 2.33 bits per heavy atom. The van der Waals surface area contributed by atoms with Crippen LogP contribution in [0.1, 0.15) is 18.9 Å². The van der Waals surface area contributed by atoms with Gasteiger partial charge in [-0.3, -0.25) is 9.69 Å². The van der Waals surface area contributed by atoms with Crippen molar-refractivity contribution in [1.29, 1.82) is 0 Å². The van der Waals surface area contributed by atoms with Crippen molar-refractivity contribution in [2.24, 2.45) is 0 Å². The fourth-order valence-corrected chi connectivity index (χ4v) is 2.23. The van der Waals surface area contributed by atoms with Gasteiger partial charge in [0, 0.05) is 39.1 Å². The van der Waals surface area contributed by atoms with Gasteiger partial charge in [-0.25, -0.2) is 4.39 Å². The topological polar surface area (TPSA) is 23.6 Å². The Hall–Kier alpha value is -1.42. The van der Waals surface area contributed by atoms with Crippen molar-refractivity contribution >= 4 is 5.91 Å². The molecule has 0 bridgehead atoms. The van der Waals surface area contributed by atoms with Crippen LogP contribution in [0.2, 0.25) is 0 Å². The molecule has 98 valence electrons. The van der Waals surface area contributed by atoms with E-state index in [0.29, 0.717) is 6.42 Å². The van der Waals surface area contributed by atoms with Gasteiger partial charge in [-0.15, -0.1) is 0 Å². The number of amides is 1. The molecule has 1 aliphatic rings. The highest BCUT2D eigenvalue weighted by Gasteiger charge is 2.19. The number of halogens is 1. The van der Waals surface area contributed by atoms with Crippen LogP contribution in [0.5, 0.6) is 0 Å². The molecule has 0 radical (unpaired) electrons. The molecule has 1 saturated heterocycles. The second-order valence-corrected chi connectivity index (χ2v) is 4.64. The summed E-state index contributed by atoms with van der Waals surface area (Å²) >= 11 is 0. The summed E-state index contributed by atoms with van der Waals surface area (Å²) in [6.07, 6.45) is 0.581. The maximum Gasteiger partial charge on any atom is 0.222 e. The molecule has 0 atom stereocenters. The molecule has 0 unspecified atom stereocenters. The largest absolute Gasteiger partial charge is 0.340 e. The van der Waals surface area contributed by atoms with Crippen molar-refractivity contribution in [2.45, 2.75) is 19.9 Å². The molecule has 2 rings (SSSR count). The first-order valence-electron chi connectivity index (χ1n) is 6.43. The fourth-order valence-electron chi connectivity index (χ4n) is 2.23. The van der Waals surface area contributed by atoms with Gasteiger partial charge in [0.15, 0.2) is 0 Å². The van der Waals surface area contributed by atoms with Crippen molar-refractivity contribution < 1.29 is 9.18 Å². The molecule has 0 saturated carbocycles. The number of carbonyl (C=O) groups is 1. The lowest BCUT2D eigenvalue weighted by atomic mass is 10.2. The lowest BCUT2D eigenvalue weighted by Gasteiger charge is -2.34. The van der Waals surface area contributed by atoms with Gasteiger partial charge < -0.3 is 4.90 Å². The zero-order chi connectivity index (χ0) is 13.0. The van der Waals surface area contributed by atoms with E-state index in [1.165, 1.54) is 12.1 Å². The highest BCUT2D eigenvalue weighted by molar-refractivity contribution is 5.75. The summed E-state index contributed by atoms with van der Waals surface area (Å²) in [5.41, 5.74) is 1.12. The fraction of sp³-hybridized carbons (Fsp3) is 0.500. The molecule has 1 heterocycles. The van der Waals surface area contributed by atoms with E-state index in [1.807, 2.05) is 24.0 Å². The van der Waals surface area contributed by atoms with E-state index < -0.39 is 0 Å². The van der Waals surface area contributed by atoms with E-state index in [4.69, 9.17) is 0 Å². The summed E-state index contributed by atoms with van der Waals surface area (Å²) in [7, 11) is 0. The van der Waals surface area contributed by atoms with Crippen molar-refractivity contribution in [1.82, 2.24) is 9.80 Å². The highest BCUT2D eigenvalue weighted by atomic mass is 19.1. The first kappa shape index (κ1) is 13.0. The van der Waals surface area contributed by atoms with Gasteiger partial charge in [-0.2, -0.15) is 0 Å². The van der Waals surface area contributed by atoms with Gasteiger partial charge in [-0.1, -0.05) is 19.1 Å². The second-order valence-electron chi connectivity index (χ2n) is 4.64. The number of piperazine rings is 1. The minimum absolute atomic E-state index is 0.197. The molecular formula is C14H19FN2O. The number of hydrogen-bond acceptors (Lipinski definition) is 2. The van der Waals surface area contributed by atoms with Crippen LogP contribution in [0, 0.1) is 5.82 Å². The van der Waals surface area contributed by atoms with Gasteiger partial charge in [0.05, 0.1) is 0 Å². The Bertz CT molecular complexity index is 397. The van der Waals surface area contributed by atoms with E-state index in [-0.39, 0.29) is 11.7 Å². The van der Waals surface area contributed by atoms with Crippen molar-refractivity contribution in [2.75, 3.05) is 26.2 Å². The van der Waals surface area contributed by atoms with Crippen LogP contribution in [-0.4, -0.2) is 41.9 Å². The van der Waals surface area contributed by atoms with E-state index in [9.17, 15) is 9.18 Å². The third-order valence-corrected chi connectivity index (χ3v) is 3.35. The minimum Gasteiger partial charge on any atom is -0.340 e. The Morgan fingerprint density at radius 1 is 1.17 bits per heavy atom. The zero-order valence-electron chi connectivity index (χ0n) is 10.7. The molecule has 1 aromatic rings. The van der Waals surface area contributed by atoms with E-state index in [1.54, 1.807) is 0 Å². The SMILES string of the molecule is CCC(=O)N1CCN(Cc2ccc(F)cc2)CC1. The number of hydrogen-bond donors (Lipinski definition) is 0. The molecule has 4 heteroatoms. The van der Waals surface area contributed by atoms with Crippen LogP contribution in [0.25, 0.3) is 0 Å². The molecule has 0 aromatic heterocycles. The molecule has 18 heavy (non-hydrogen) atoms. The number of nitrogens with zero attached hydrogens (tertiary/aromatic N) is 2. The average Bonchev–Trinajstić information content (AvgIpc) is 2.41. The van der Waals surface area contributed by atoms with E-state index in [0.717, 1.165) is 38.3 Å². The predicted octanol–water partition coefficient (Wildman–Crippen LogP) is 1.88. The summed E-state index contributed by atoms with van der Waals surface area (Å²) in [5.74, 6) is 0.0357. The van der Waals surface area contributed by atoms with Crippen molar-refractivity contribution in [3.63, 3.8) is 0 Å². The Balaban J connectivity index is 1.83. The van der Waals surface area contributed by atoms with E-state index >= 15 is 0 Å². The summed E-state index contributed by atoms with van der Waals surface area (Å²) < 4.78 is 12.8. The van der Waals surface area contributed by atoms with Gasteiger partial charge in [-0.05, 0) is 17.7 Å².